The van der Waals surface area contributed by atoms with Gasteiger partial charge in [-0.1, -0.05) is 13.8 Å². The van der Waals surface area contributed by atoms with Gasteiger partial charge in [0.2, 0.25) is 11.8 Å². The molecule has 4 N–H and O–H groups in total. The Morgan fingerprint density at radius 3 is 2.05 bits per heavy atom. The zero-order valence-electron chi connectivity index (χ0n) is 11.8. The molecule has 0 spiro atoms. The molecule has 108 valence electrons. The number of rotatable bonds is 5. The highest BCUT2D eigenvalue weighted by Crippen LogP contribution is 2.30. The Morgan fingerprint density at radius 2 is 1.60 bits per heavy atom. The summed E-state index contributed by atoms with van der Waals surface area (Å²) >= 11 is 0. The van der Waals surface area contributed by atoms with Crippen LogP contribution in [0.25, 0.3) is 0 Å². The number of carbonyl (C=O) groups is 2. The van der Waals surface area contributed by atoms with Crippen molar-refractivity contribution in [1.29, 1.82) is 0 Å². The lowest BCUT2D eigenvalue weighted by atomic mass is 10.0. The number of anilines is 2. The summed E-state index contributed by atoms with van der Waals surface area (Å²) in [5.74, 6) is 0.143. The normalized spacial score (nSPS) is 15.8. The molecule has 1 fully saturated rings. The average Bonchev–Trinajstić information content (AvgIpc) is 3.24. The largest absolute Gasteiger partial charge is 0.326 e. The highest BCUT2D eigenvalue weighted by atomic mass is 16.2. The van der Waals surface area contributed by atoms with Crippen LogP contribution in [0.15, 0.2) is 24.3 Å². The van der Waals surface area contributed by atoms with Gasteiger partial charge in [0, 0.05) is 17.3 Å². The van der Waals surface area contributed by atoms with Gasteiger partial charge in [-0.05, 0) is 43.0 Å². The molecule has 2 rings (SSSR count). The molecule has 5 nitrogen and oxygen atoms in total. The van der Waals surface area contributed by atoms with Crippen molar-refractivity contribution in [1.82, 2.24) is 0 Å². The summed E-state index contributed by atoms with van der Waals surface area (Å²) < 4.78 is 0. The Balaban J connectivity index is 1.90. The van der Waals surface area contributed by atoms with Crippen LogP contribution in [0.3, 0.4) is 0 Å². The third kappa shape index (κ3) is 3.81. The summed E-state index contributed by atoms with van der Waals surface area (Å²) in [5.41, 5.74) is 7.19. The van der Waals surface area contributed by atoms with Crippen molar-refractivity contribution >= 4 is 23.2 Å². The summed E-state index contributed by atoms with van der Waals surface area (Å²) in [5, 5.41) is 5.61. The first-order chi connectivity index (χ1) is 9.47. The first kappa shape index (κ1) is 14.5. The van der Waals surface area contributed by atoms with Crippen molar-refractivity contribution in [3.05, 3.63) is 24.3 Å². The summed E-state index contributed by atoms with van der Waals surface area (Å²) in [4.78, 5) is 23.4. The van der Waals surface area contributed by atoms with Crippen LogP contribution >= 0.6 is 0 Å². The minimum atomic E-state index is -0.524. The summed E-state index contributed by atoms with van der Waals surface area (Å²) in [6.45, 7) is 3.81. The van der Waals surface area contributed by atoms with Gasteiger partial charge in [0.1, 0.15) is 0 Å². The molecule has 1 aliphatic rings. The van der Waals surface area contributed by atoms with Crippen molar-refractivity contribution in [3.8, 4) is 0 Å². The summed E-state index contributed by atoms with van der Waals surface area (Å²) in [6, 6.07) is 6.54. The van der Waals surface area contributed by atoms with Gasteiger partial charge in [-0.25, -0.2) is 0 Å². The Morgan fingerprint density at radius 1 is 1.10 bits per heavy atom. The second kappa shape index (κ2) is 6.05. The lowest BCUT2D eigenvalue weighted by Gasteiger charge is -2.15. The summed E-state index contributed by atoms with van der Waals surface area (Å²) in [7, 11) is 0. The van der Waals surface area contributed by atoms with Crippen LogP contribution in [0.1, 0.15) is 26.7 Å². The van der Waals surface area contributed by atoms with E-state index >= 15 is 0 Å². The van der Waals surface area contributed by atoms with Gasteiger partial charge in [-0.3, -0.25) is 9.59 Å². The Bertz CT molecular complexity index is 492. The van der Waals surface area contributed by atoms with Crippen LogP contribution in [0.4, 0.5) is 11.4 Å². The molecule has 1 atom stereocenters. The molecule has 0 aliphatic heterocycles. The van der Waals surface area contributed by atoms with Gasteiger partial charge >= 0.3 is 0 Å². The second-order valence-electron chi connectivity index (χ2n) is 5.60. The first-order valence-corrected chi connectivity index (χ1v) is 6.94. The Hall–Kier alpha value is -1.88. The number of nitrogens with one attached hydrogen (secondary N) is 2. The molecule has 1 aromatic carbocycles. The monoisotopic (exact) mass is 275 g/mol. The van der Waals surface area contributed by atoms with Gasteiger partial charge in [-0.2, -0.15) is 0 Å². The smallest absolute Gasteiger partial charge is 0.241 e. The van der Waals surface area contributed by atoms with E-state index in [9.17, 15) is 9.59 Å². The number of hydrogen-bond acceptors (Lipinski definition) is 3. The van der Waals surface area contributed by atoms with Gasteiger partial charge in [0.05, 0.1) is 6.04 Å². The maximum atomic E-state index is 11.8. The quantitative estimate of drug-likeness (QED) is 0.768. The van der Waals surface area contributed by atoms with Crippen molar-refractivity contribution in [3.63, 3.8) is 0 Å². The fourth-order valence-electron chi connectivity index (χ4n) is 1.76. The Kier molecular flexibility index (Phi) is 4.39. The molecule has 0 bridgehead atoms. The molecule has 2 amide bonds. The maximum absolute atomic E-state index is 11.8. The molecule has 0 unspecified atom stereocenters. The topological polar surface area (TPSA) is 84.2 Å². The van der Waals surface area contributed by atoms with E-state index in [1.807, 2.05) is 13.8 Å². The standard InChI is InChI=1S/C15H21N3O2/c1-9(2)13(16)15(20)18-12-7-5-11(6-8-12)17-14(19)10-3-4-10/h5-10,13H,3-4,16H2,1-2H3,(H,17,19)(H,18,20)/t13-/m1/s1. The molecule has 0 saturated heterocycles. The van der Waals surface area contributed by atoms with E-state index in [0.29, 0.717) is 5.69 Å². The van der Waals surface area contributed by atoms with E-state index < -0.39 is 6.04 Å². The molecule has 0 radical (unpaired) electrons. The van der Waals surface area contributed by atoms with Crippen molar-refractivity contribution < 1.29 is 9.59 Å². The first-order valence-electron chi connectivity index (χ1n) is 6.94. The number of carbonyl (C=O) groups excluding carboxylic acids is 2. The van der Waals surface area contributed by atoms with Crippen LogP contribution in [0.5, 0.6) is 0 Å². The molecule has 0 heterocycles. The number of nitrogens with two attached hydrogens (primary N) is 1. The zero-order chi connectivity index (χ0) is 14.7. The van der Waals surface area contributed by atoms with E-state index in [2.05, 4.69) is 10.6 Å². The van der Waals surface area contributed by atoms with E-state index in [1.165, 1.54) is 0 Å². The average molecular weight is 275 g/mol. The minimum Gasteiger partial charge on any atom is -0.326 e. The highest BCUT2D eigenvalue weighted by Gasteiger charge is 2.29. The fraction of sp³-hybridized carbons (Fsp3) is 0.467. The van der Waals surface area contributed by atoms with Crippen LogP contribution in [-0.2, 0) is 9.59 Å². The van der Waals surface area contributed by atoms with Gasteiger partial charge in [0.25, 0.3) is 0 Å². The molecule has 20 heavy (non-hydrogen) atoms. The third-order valence-corrected chi connectivity index (χ3v) is 3.39. The fourth-order valence-corrected chi connectivity index (χ4v) is 1.76. The van der Waals surface area contributed by atoms with E-state index in [1.54, 1.807) is 24.3 Å². The SMILES string of the molecule is CC(C)[C@@H](N)C(=O)Nc1ccc(NC(=O)C2CC2)cc1. The maximum Gasteiger partial charge on any atom is 0.241 e. The lowest BCUT2D eigenvalue weighted by molar-refractivity contribution is -0.118. The van der Waals surface area contributed by atoms with Crippen molar-refractivity contribution in [2.45, 2.75) is 32.7 Å². The van der Waals surface area contributed by atoms with Gasteiger partial charge < -0.3 is 16.4 Å². The second-order valence-corrected chi connectivity index (χ2v) is 5.60. The molecule has 1 aromatic rings. The molecule has 1 saturated carbocycles. The number of hydrogen-bond donors (Lipinski definition) is 3. The minimum absolute atomic E-state index is 0.0728. The van der Waals surface area contributed by atoms with E-state index in [4.69, 9.17) is 5.73 Å². The number of benzene rings is 1. The van der Waals surface area contributed by atoms with Gasteiger partial charge in [-0.15, -0.1) is 0 Å². The van der Waals surface area contributed by atoms with Crippen molar-refractivity contribution in [2.24, 2.45) is 17.6 Å². The van der Waals surface area contributed by atoms with Crippen LogP contribution < -0.4 is 16.4 Å². The molecule has 1 aliphatic carbocycles. The molecule has 5 heteroatoms. The summed E-state index contributed by atoms with van der Waals surface area (Å²) in [6.07, 6.45) is 1.96. The number of amides is 2. The zero-order valence-corrected chi connectivity index (χ0v) is 11.8. The highest BCUT2D eigenvalue weighted by molar-refractivity contribution is 5.96. The molecular formula is C15H21N3O2. The van der Waals surface area contributed by atoms with Crippen LogP contribution in [0, 0.1) is 11.8 Å². The van der Waals surface area contributed by atoms with Crippen molar-refractivity contribution in [2.75, 3.05) is 10.6 Å². The molecule has 0 aromatic heterocycles. The predicted molar refractivity (Wildman–Crippen MR) is 79.2 cm³/mol. The molecular weight excluding hydrogens is 254 g/mol. The van der Waals surface area contributed by atoms with E-state index in [0.717, 1.165) is 18.5 Å². The predicted octanol–water partition coefficient (Wildman–Crippen LogP) is 1.96. The Labute approximate surface area is 118 Å². The van der Waals surface area contributed by atoms with E-state index in [-0.39, 0.29) is 23.7 Å². The lowest BCUT2D eigenvalue weighted by Crippen LogP contribution is -2.39. The van der Waals surface area contributed by atoms with Crippen LogP contribution in [-0.4, -0.2) is 17.9 Å². The third-order valence-electron chi connectivity index (χ3n) is 3.39. The van der Waals surface area contributed by atoms with Gasteiger partial charge in [0.15, 0.2) is 0 Å². The van der Waals surface area contributed by atoms with Crippen LogP contribution in [0.2, 0.25) is 0 Å².